The van der Waals surface area contributed by atoms with E-state index in [1.165, 1.54) is 0 Å². The standard InChI is InChI=1S/C22H27N5O2/c28-18-8-6-16(7-9-18)24-21-12-20-19(13-23-21)26-22(25-15-4-2-1-3-5-15)27(20)17-10-11-29-14-17/h1-5,12-13,16-18,28H,6-11,14H2,(H,23,24)(H,25,26)/t16?,17-,18?/m0/s1. The molecular formula is C22H27N5O2. The Morgan fingerprint density at radius 1 is 1.07 bits per heavy atom. The predicted molar refractivity (Wildman–Crippen MR) is 114 cm³/mol. The highest BCUT2D eigenvalue weighted by atomic mass is 16.5. The molecule has 7 nitrogen and oxygen atoms in total. The second-order valence-electron chi connectivity index (χ2n) is 8.02. The van der Waals surface area contributed by atoms with E-state index in [-0.39, 0.29) is 12.1 Å². The summed E-state index contributed by atoms with van der Waals surface area (Å²) in [5.74, 6) is 1.69. The van der Waals surface area contributed by atoms with Crippen LogP contribution < -0.4 is 10.6 Å². The number of para-hydroxylation sites is 1. The summed E-state index contributed by atoms with van der Waals surface area (Å²) in [5, 5.41) is 16.8. The molecule has 5 rings (SSSR count). The van der Waals surface area contributed by atoms with Gasteiger partial charge in [0.2, 0.25) is 5.95 Å². The molecule has 152 valence electrons. The number of ether oxygens (including phenoxy) is 1. The first-order valence-electron chi connectivity index (χ1n) is 10.5. The minimum Gasteiger partial charge on any atom is -0.393 e. The highest BCUT2D eigenvalue weighted by Crippen LogP contribution is 2.32. The summed E-state index contributed by atoms with van der Waals surface area (Å²) in [6.07, 6.45) is 6.30. The number of aliphatic hydroxyl groups is 1. The Morgan fingerprint density at radius 2 is 1.90 bits per heavy atom. The van der Waals surface area contributed by atoms with E-state index in [1.807, 2.05) is 36.5 Å². The molecule has 1 saturated heterocycles. The van der Waals surface area contributed by atoms with E-state index >= 15 is 0 Å². The summed E-state index contributed by atoms with van der Waals surface area (Å²) >= 11 is 0. The molecule has 2 fully saturated rings. The minimum atomic E-state index is -0.154. The van der Waals surface area contributed by atoms with E-state index < -0.39 is 0 Å². The smallest absolute Gasteiger partial charge is 0.208 e. The summed E-state index contributed by atoms with van der Waals surface area (Å²) in [6.45, 7) is 1.47. The average Bonchev–Trinajstić information content (AvgIpc) is 3.38. The fourth-order valence-electron chi connectivity index (χ4n) is 4.34. The van der Waals surface area contributed by atoms with Crippen LogP contribution in [0.1, 0.15) is 38.1 Å². The van der Waals surface area contributed by atoms with Gasteiger partial charge in [0.05, 0.1) is 30.5 Å². The summed E-state index contributed by atoms with van der Waals surface area (Å²) in [4.78, 5) is 9.42. The molecule has 3 N–H and O–H groups in total. The van der Waals surface area contributed by atoms with Crippen molar-refractivity contribution >= 4 is 28.5 Å². The SMILES string of the molecule is OC1CCC(Nc2cc3c(cn2)nc(Nc2ccccc2)n3[C@H]2CCOC2)CC1. The Bertz CT molecular complexity index is 960. The Hall–Kier alpha value is -2.64. The van der Waals surface area contributed by atoms with Gasteiger partial charge in [0.1, 0.15) is 11.3 Å². The van der Waals surface area contributed by atoms with Gasteiger partial charge in [-0.2, -0.15) is 0 Å². The van der Waals surface area contributed by atoms with Crippen LogP contribution in [0.2, 0.25) is 0 Å². The van der Waals surface area contributed by atoms with Crippen molar-refractivity contribution in [1.82, 2.24) is 14.5 Å². The number of nitrogens with one attached hydrogen (secondary N) is 2. The number of pyridine rings is 1. The predicted octanol–water partition coefficient (Wildman–Crippen LogP) is 3.85. The maximum Gasteiger partial charge on any atom is 0.208 e. The molecule has 0 radical (unpaired) electrons. The number of imidazole rings is 1. The average molecular weight is 393 g/mol. The second kappa shape index (κ2) is 8.00. The molecule has 3 heterocycles. The lowest BCUT2D eigenvalue weighted by Crippen LogP contribution is -2.28. The molecule has 2 aliphatic rings. The molecule has 1 aliphatic heterocycles. The van der Waals surface area contributed by atoms with Crippen molar-refractivity contribution in [3.63, 3.8) is 0 Å². The molecule has 1 aromatic carbocycles. The Morgan fingerprint density at radius 3 is 2.66 bits per heavy atom. The molecule has 0 spiro atoms. The Labute approximate surface area is 170 Å². The monoisotopic (exact) mass is 393 g/mol. The van der Waals surface area contributed by atoms with E-state index in [0.717, 1.165) is 67.2 Å². The van der Waals surface area contributed by atoms with Crippen LogP contribution in [0.25, 0.3) is 11.0 Å². The van der Waals surface area contributed by atoms with Crippen LogP contribution in [0, 0.1) is 0 Å². The molecule has 0 unspecified atom stereocenters. The van der Waals surface area contributed by atoms with Gasteiger partial charge in [-0.3, -0.25) is 0 Å². The van der Waals surface area contributed by atoms with Gasteiger partial charge in [-0.05, 0) is 44.2 Å². The van der Waals surface area contributed by atoms with Crippen molar-refractivity contribution in [2.45, 2.75) is 50.3 Å². The molecule has 0 bridgehead atoms. The molecule has 29 heavy (non-hydrogen) atoms. The maximum atomic E-state index is 9.74. The number of rotatable bonds is 5. The molecule has 2 aromatic heterocycles. The zero-order chi connectivity index (χ0) is 19.6. The number of hydrogen-bond donors (Lipinski definition) is 3. The molecule has 0 amide bonds. The summed E-state index contributed by atoms with van der Waals surface area (Å²) in [5.41, 5.74) is 2.95. The van der Waals surface area contributed by atoms with Crippen LogP contribution in [0.4, 0.5) is 17.5 Å². The zero-order valence-corrected chi connectivity index (χ0v) is 16.4. The second-order valence-corrected chi connectivity index (χ2v) is 8.02. The molecule has 1 atom stereocenters. The molecular weight excluding hydrogens is 366 g/mol. The van der Waals surface area contributed by atoms with Crippen LogP contribution in [-0.4, -0.2) is 45.0 Å². The Balaban J connectivity index is 1.47. The largest absolute Gasteiger partial charge is 0.393 e. The van der Waals surface area contributed by atoms with Crippen LogP contribution in [0.5, 0.6) is 0 Å². The number of aromatic nitrogens is 3. The maximum absolute atomic E-state index is 9.74. The van der Waals surface area contributed by atoms with Crippen molar-refractivity contribution < 1.29 is 9.84 Å². The zero-order valence-electron chi connectivity index (χ0n) is 16.4. The lowest BCUT2D eigenvalue weighted by Gasteiger charge is -2.26. The summed E-state index contributed by atoms with van der Waals surface area (Å²) < 4.78 is 7.92. The number of anilines is 3. The van der Waals surface area contributed by atoms with Crippen molar-refractivity contribution in [3.05, 3.63) is 42.6 Å². The Kier molecular flexibility index (Phi) is 5.08. The fourth-order valence-corrected chi connectivity index (χ4v) is 4.34. The van der Waals surface area contributed by atoms with E-state index in [4.69, 9.17) is 9.72 Å². The van der Waals surface area contributed by atoms with Gasteiger partial charge in [-0.15, -0.1) is 0 Å². The van der Waals surface area contributed by atoms with Gasteiger partial charge in [-0.1, -0.05) is 18.2 Å². The number of aliphatic hydroxyl groups excluding tert-OH is 1. The first kappa shape index (κ1) is 18.4. The summed E-state index contributed by atoms with van der Waals surface area (Å²) in [6, 6.07) is 12.8. The number of nitrogens with zero attached hydrogens (tertiary/aromatic N) is 3. The number of benzene rings is 1. The van der Waals surface area contributed by atoms with E-state index in [2.05, 4.69) is 26.3 Å². The first-order chi connectivity index (χ1) is 14.3. The minimum absolute atomic E-state index is 0.154. The summed E-state index contributed by atoms with van der Waals surface area (Å²) in [7, 11) is 0. The van der Waals surface area contributed by atoms with Gasteiger partial charge in [0.15, 0.2) is 0 Å². The van der Waals surface area contributed by atoms with E-state index in [1.54, 1.807) is 0 Å². The molecule has 7 heteroatoms. The van der Waals surface area contributed by atoms with Crippen molar-refractivity contribution in [2.75, 3.05) is 23.8 Å². The molecule has 1 aliphatic carbocycles. The molecule has 3 aromatic rings. The lowest BCUT2D eigenvalue weighted by molar-refractivity contribution is 0.126. The van der Waals surface area contributed by atoms with Crippen molar-refractivity contribution in [2.24, 2.45) is 0 Å². The highest BCUT2D eigenvalue weighted by molar-refractivity contribution is 5.81. The highest BCUT2D eigenvalue weighted by Gasteiger charge is 2.25. The van der Waals surface area contributed by atoms with Gasteiger partial charge < -0.3 is 25.0 Å². The van der Waals surface area contributed by atoms with Gasteiger partial charge >= 0.3 is 0 Å². The topological polar surface area (TPSA) is 84.2 Å². The van der Waals surface area contributed by atoms with Crippen molar-refractivity contribution in [3.8, 4) is 0 Å². The lowest BCUT2D eigenvalue weighted by atomic mass is 9.93. The number of hydrogen-bond acceptors (Lipinski definition) is 6. The van der Waals surface area contributed by atoms with Crippen LogP contribution in [-0.2, 0) is 4.74 Å². The fraction of sp³-hybridized carbons (Fsp3) is 0.455. The van der Waals surface area contributed by atoms with Gasteiger partial charge in [-0.25, -0.2) is 9.97 Å². The van der Waals surface area contributed by atoms with Gasteiger partial charge in [0, 0.05) is 24.4 Å². The third-order valence-electron chi connectivity index (χ3n) is 5.93. The van der Waals surface area contributed by atoms with Gasteiger partial charge in [0.25, 0.3) is 0 Å². The van der Waals surface area contributed by atoms with E-state index in [9.17, 15) is 5.11 Å². The number of fused-ring (bicyclic) bond motifs is 1. The van der Waals surface area contributed by atoms with Crippen molar-refractivity contribution in [1.29, 1.82) is 0 Å². The van der Waals surface area contributed by atoms with Crippen LogP contribution in [0.3, 0.4) is 0 Å². The quantitative estimate of drug-likeness (QED) is 0.611. The molecule has 1 saturated carbocycles. The van der Waals surface area contributed by atoms with E-state index in [0.29, 0.717) is 12.6 Å². The van der Waals surface area contributed by atoms with Crippen LogP contribution in [0.15, 0.2) is 42.6 Å². The van der Waals surface area contributed by atoms with Crippen LogP contribution >= 0.6 is 0 Å². The normalized spacial score (nSPS) is 24.7. The third kappa shape index (κ3) is 3.93. The third-order valence-corrected chi connectivity index (χ3v) is 5.93. The first-order valence-corrected chi connectivity index (χ1v) is 10.5.